The summed E-state index contributed by atoms with van der Waals surface area (Å²) in [5.41, 5.74) is 4.15. The van der Waals surface area contributed by atoms with Crippen molar-refractivity contribution in [3.8, 4) is 0 Å². The molecule has 0 amide bonds. The van der Waals surface area contributed by atoms with E-state index in [9.17, 15) is 0 Å². The fourth-order valence-corrected chi connectivity index (χ4v) is 2.70. The van der Waals surface area contributed by atoms with Crippen LogP contribution < -0.4 is 5.32 Å². The van der Waals surface area contributed by atoms with E-state index in [1.165, 1.54) is 5.56 Å². The molecule has 0 saturated carbocycles. The maximum atomic E-state index is 6.22. The van der Waals surface area contributed by atoms with Gasteiger partial charge in [0, 0.05) is 10.4 Å². The van der Waals surface area contributed by atoms with E-state index in [2.05, 4.69) is 28.7 Å². The highest BCUT2D eigenvalue weighted by Gasteiger charge is 2.14. The zero-order chi connectivity index (χ0) is 12.8. The highest BCUT2D eigenvalue weighted by Crippen LogP contribution is 2.23. The number of benzene rings is 1. The number of nitrogens with one attached hydrogen (secondary N) is 1. The molecule has 18 heavy (non-hydrogen) atoms. The maximum absolute atomic E-state index is 6.22. The van der Waals surface area contributed by atoms with Gasteiger partial charge >= 0.3 is 0 Å². The van der Waals surface area contributed by atoms with Crippen LogP contribution in [0.5, 0.6) is 0 Å². The monoisotopic (exact) mass is 280 g/mol. The zero-order valence-corrected chi connectivity index (χ0v) is 12.0. The molecule has 1 N–H and O–H groups in total. The second kappa shape index (κ2) is 6.88. The third-order valence-electron chi connectivity index (χ3n) is 2.83. The van der Waals surface area contributed by atoms with Crippen LogP contribution in [0.15, 0.2) is 35.2 Å². The van der Waals surface area contributed by atoms with Crippen molar-refractivity contribution in [2.24, 2.45) is 0 Å². The van der Waals surface area contributed by atoms with E-state index in [1.54, 1.807) is 11.3 Å². The molecule has 0 fully saturated rings. The first-order chi connectivity index (χ1) is 8.81. The van der Waals surface area contributed by atoms with Crippen molar-refractivity contribution in [3.05, 3.63) is 51.4 Å². The minimum absolute atomic E-state index is 0.246. The molecule has 2 aromatic rings. The predicted molar refractivity (Wildman–Crippen MR) is 78.3 cm³/mol. The van der Waals surface area contributed by atoms with Crippen LogP contribution in [0.25, 0.3) is 0 Å². The smallest absolute Gasteiger partial charge is 0.0795 e. The summed E-state index contributed by atoms with van der Waals surface area (Å²) in [5.74, 6) is 0. The molecular formula is C14H17ClN2S. The molecule has 0 bridgehead atoms. The second-order valence-electron chi connectivity index (χ2n) is 4.22. The normalized spacial score (nSPS) is 12.6. The van der Waals surface area contributed by atoms with Gasteiger partial charge in [-0.2, -0.15) is 0 Å². The predicted octanol–water partition coefficient (Wildman–Crippen LogP) is 4.08. The van der Waals surface area contributed by atoms with E-state index in [0.29, 0.717) is 0 Å². The molecule has 1 atom stereocenters. The Morgan fingerprint density at radius 2 is 2.22 bits per heavy atom. The first-order valence-electron chi connectivity index (χ1n) is 6.16. The summed E-state index contributed by atoms with van der Waals surface area (Å²) in [6.07, 6.45) is 1.99. The average Bonchev–Trinajstić information content (AvgIpc) is 2.90. The van der Waals surface area contributed by atoms with Gasteiger partial charge in [0.2, 0.25) is 0 Å². The summed E-state index contributed by atoms with van der Waals surface area (Å²) < 4.78 is 0. The minimum atomic E-state index is 0.246. The number of nitrogens with zero attached hydrogens (tertiary/aromatic N) is 1. The van der Waals surface area contributed by atoms with E-state index >= 15 is 0 Å². The second-order valence-corrected chi connectivity index (χ2v) is 5.34. The quantitative estimate of drug-likeness (QED) is 0.862. The van der Waals surface area contributed by atoms with Crippen molar-refractivity contribution in [2.45, 2.75) is 25.8 Å². The molecule has 1 heterocycles. The number of halogens is 1. The number of rotatable bonds is 6. The first-order valence-corrected chi connectivity index (χ1v) is 7.48. The van der Waals surface area contributed by atoms with Gasteiger partial charge in [0.05, 0.1) is 17.2 Å². The van der Waals surface area contributed by atoms with E-state index in [0.717, 1.165) is 30.1 Å². The SMILES string of the molecule is CCCNC(Cc1ccccc1Cl)c1cscn1. The molecule has 1 aromatic heterocycles. The van der Waals surface area contributed by atoms with Gasteiger partial charge in [-0.05, 0) is 31.0 Å². The molecule has 1 unspecified atom stereocenters. The molecule has 0 aliphatic carbocycles. The molecule has 0 radical (unpaired) electrons. The Kier molecular flexibility index (Phi) is 5.17. The summed E-state index contributed by atoms with van der Waals surface area (Å²) >= 11 is 7.85. The largest absolute Gasteiger partial charge is 0.308 e. The molecule has 2 nitrogen and oxygen atoms in total. The number of hydrogen-bond donors (Lipinski definition) is 1. The molecular weight excluding hydrogens is 264 g/mol. The van der Waals surface area contributed by atoms with Gasteiger partial charge in [0.25, 0.3) is 0 Å². The van der Waals surface area contributed by atoms with Crippen LogP contribution in [-0.2, 0) is 6.42 Å². The van der Waals surface area contributed by atoms with Crippen LogP contribution in [-0.4, -0.2) is 11.5 Å². The van der Waals surface area contributed by atoms with Gasteiger partial charge in [0.1, 0.15) is 0 Å². The van der Waals surface area contributed by atoms with Crippen LogP contribution in [0, 0.1) is 0 Å². The standard InChI is InChI=1S/C14H17ClN2S/c1-2-7-16-13(14-9-18-10-17-14)8-11-5-3-4-6-12(11)15/h3-6,9-10,13,16H,2,7-8H2,1H3. The van der Waals surface area contributed by atoms with Gasteiger partial charge in [0.15, 0.2) is 0 Å². The van der Waals surface area contributed by atoms with Gasteiger partial charge in [-0.1, -0.05) is 36.7 Å². The molecule has 0 aliphatic rings. The van der Waals surface area contributed by atoms with Crippen molar-refractivity contribution in [1.82, 2.24) is 10.3 Å². The van der Waals surface area contributed by atoms with Crippen LogP contribution in [0.3, 0.4) is 0 Å². The average molecular weight is 281 g/mol. The molecule has 0 aliphatic heterocycles. The lowest BCUT2D eigenvalue weighted by atomic mass is 10.0. The van der Waals surface area contributed by atoms with Gasteiger partial charge in [-0.15, -0.1) is 11.3 Å². The van der Waals surface area contributed by atoms with E-state index < -0.39 is 0 Å². The topological polar surface area (TPSA) is 24.9 Å². The van der Waals surface area contributed by atoms with E-state index in [4.69, 9.17) is 11.6 Å². The van der Waals surface area contributed by atoms with Gasteiger partial charge in [-0.3, -0.25) is 0 Å². The number of thiazole rings is 1. The van der Waals surface area contributed by atoms with Crippen molar-refractivity contribution in [3.63, 3.8) is 0 Å². The van der Waals surface area contributed by atoms with Crippen molar-refractivity contribution >= 4 is 22.9 Å². The molecule has 4 heteroatoms. The fraction of sp³-hybridized carbons (Fsp3) is 0.357. The van der Waals surface area contributed by atoms with Crippen LogP contribution in [0.1, 0.15) is 30.6 Å². The molecule has 1 aromatic carbocycles. The Hall–Kier alpha value is -0.900. The summed E-state index contributed by atoms with van der Waals surface area (Å²) in [6.45, 7) is 3.16. The number of aromatic nitrogens is 1. The Balaban J connectivity index is 2.13. The Bertz CT molecular complexity index is 470. The lowest BCUT2D eigenvalue weighted by Crippen LogP contribution is -2.24. The van der Waals surface area contributed by atoms with Crippen LogP contribution in [0.2, 0.25) is 5.02 Å². The highest BCUT2D eigenvalue weighted by atomic mass is 35.5. The van der Waals surface area contributed by atoms with Crippen LogP contribution in [0.4, 0.5) is 0 Å². The Morgan fingerprint density at radius 1 is 1.39 bits per heavy atom. The van der Waals surface area contributed by atoms with Gasteiger partial charge in [-0.25, -0.2) is 4.98 Å². The lowest BCUT2D eigenvalue weighted by Gasteiger charge is -2.17. The zero-order valence-electron chi connectivity index (χ0n) is 10.4. The highest BCUT2D eigenvalue weighted by molar-refractivity contribution is 7.07. The van der Waals surface area contributed by atoms with E-state index in [-0.39, 0.29) is 6.04 Å². The Morgan fingerprint density at radius 3 is 2.89 bits per heavy atom. The summed E-state index contributed by atoms with van der Waals surface area (Å²) in [5, 5.41) is 6.46. The summed E-state index contributed by atoms with van der Waals surface area (Å²) in [6, 6.07) is 8.25. The van der Waals surface area contributed by atoms with Crippen molar-refractivity contribution in [2.75, 3.05) is 6.54 Å². The van der Waals surface area contributed by atoms with Crippen LogP contribution >= 0.6 is 22.9 Å². The molecule has 0 saturated heterocycles. The molecule has 2 rings (SSSR count). The summed E-state index contributed by atoms with van der Waals surface area (Å²) in [4.78, 5) is 4.41. The third kappa shape index (κ3) is 3.55. The molecule has 96 valence electrons. The lowest BCUT2D eigenvalue weighted by molar-refractivity contribution is 0.520. The minimum Gasteiger partial charge on any atom is -0.308 e. The van der Waals surface area contributed by atoms with Gasteiger partial charge < -0.3 is 5.32 Å². The maximum Gasteiger partial charge on any atom is 0.0795 e. The molecule has 0 spiro atoms. The van der Waals surface area contributed by atoms with Crippen molar-refractivity contribution < 1.29 is 0 Å². The first kappa shape index (κ1) is 13.5. The third-order valence-corrected chi connectivity index (χ3v) is 3.80. The van der Waals surface area contributed by atoms with E-state index in [1.807, 2.05) is 23.7 Å². The Labute approximate surface area is 117 Å². The summed E-state index contributed by atoms with van der Waals surface area (Å²) in [7, 11) is 0. The van der Waals surface area contributed by atoms with Crippen molar-refractivity contribution in [1.29, 1.82) is 0 Å². The fourth-order valence-electron chi connectivity index (χ4n) is 1.88. The number of hydrogen-bond acceptors (Lipinski definition) is 3.